The standard InChI is InChI=1S/C13H17N5O2/c19-10(20)4-3-9-2-1-5-18(6-9)13-11-12(15-7-14-11)16-8-17-13/h7-9H,1-6H2,(H,19,20)(H,14,15,16,17). The van der Waals surface area contributed by atoms with Crippen LogP contribution in [0.1, 0.15) is 25.7 Å². The second-order valence-corrected chi connectivity index (χ2v) is 5.19. The Morgan fingerprint density at radius 1 is 1.45 bits per heavy atom. The minimum absolute atomic E-state index is 0.238. The Kier molecular flexibility index (Phi) is 3.49. The quantitative estimate of drug-likeness (QED) is 0.876. The number of imidazole rings is 1. The van der Waals surface area contributed by atoms with Crippen LogP contribution in [-0.2, 0) is 4.79 Å². The molecule has 20 heavy (non-hydrogen) atoms. The van der Waals surface area contributed by atoms with Crippen LogP contribution in [0.3, 0.4) is 0 Å². The maximum absolute atomic E-state index is 10.7. The van der Waals surface area contributed by atoms with Crippen molar-refractivity contribution in [3.8, 4) is 0 Å². The van der Waals surface area contributed by atoms with Crippen molar-refractivity contribution in [3.63, 3.8) is 0 Å². The van der Waals surface area contributed by atoms with Crippen LogP contribution in [0.4, 0.5) is 5.82 Å². The largest absolute Gasteiger partial charge is 0.481 e. The second-order valence-electron chi connectivity index (χ2n) is 5.19. The third-order valence-corrected chi connectivity index (χ3v) is 3.79. The zero-order valence-electron chi connectivity index (χ0n) is 11.1. The molecule has 2 aromatic rings. The van der Waals surface area contributed by atoms with Crippen LogP contribution in [0.2, 0.25) is 0 Å². The van der Waals surface area contributed by atoms with Gasteiger partial charge >= 0.3 is 5.97 Å². The van der Waals surface area contributed by atoms with Crippen molar-refractivity contribution in [1.82, 2.24) is 19.9 Å². The van der Waals surface area contributed by atoms with Gasteiger partial charge in [0.2, 0.25) is 0 Å². The zero-order chi connectivity index (χ0) is 13.9. The van der Waals surface area contributed by atoms with Gasteiger partial charge < -0.3 is 15.0 Å². The summed E-state index contributed by atoms with van der Waals surface area (Å²) in [6.45, 7) is 1.78. The highest BCUT2D eigenvalue weighted by atomic mass is 16.4. The fourth-order valence-electron chi connectivity index (χ4n) is 2.81. The first-order valence-corrected chi connectivity index (χ1v) is 6.85. The van der Waals surface area contributed by atoms with E-state index in [0.29, 0.717) is 11.6 Å². The van der Waals surface area contributed by atoms with E-state index >= 15 is 0 Å². The van der Waals surface area contributed by atoms with Crippen molar-refractivity contribution >= 4 is 23.0 Å². The molecule has 0 aliphatic carbocycles. The zero-order valence-corrected chi connectivity index (χ0v) is 11.1. The number of fused-ring (bicyclic) bond motifs is 1. The number of carbonyl (C=O) groups is 1. The lowest BCUT2D eigenvalue weighted by atomic mass is 9.93. The fraction of sp³-hybridized carbons (Fsp3) is 0.538. The number of hydrogen-bond donors (Lipinski definition) is 2. The molecule has 0 radical (unpaired) electrons. The molecule has 1 fully saturated rings. The number of nitrogens with one attached hydrogen (secondary N) is 1. The van der Waals surface area contributed by atoms with Crippen molar-refractivity contribution in [2.24, 2.45) is 5.92 Å². The van der Waals surface area contributed by atoms with Gasteiger partial charge in [-0.3, -0.25) is 4.79 Å². The van der Waals surface area contributed by atoms with Crippen LogP contribution in [0.5, 0.6) is 0 Å². The first-order chi connectivity index (χ1) is 9.74. The number of aromatic amines is 1. The summed E-state index contributed by atoms with van der Waals surface area (Å²) in [6.07, 6.45) is 6.25. The van der Waals surface area contributed by atoms with E-state index in [2.05, 4.69) is 24.8 Å². The molecule has 1 aliphatic rings. The Balaban J connectivity index is 1.76. The van der Waals surface area contributed by atoms with Crippen molar-refractivity contribution in [3.05, 3.63) is 12.7 Å². The Morgan fingerprint density at radius 3 is 3.20 bits per heavy atom. The van der Waals surface area contributed by atoms with Gasteiger partial charge in [-0.1, -0.05) is 0 Å². The summed E-state index contributed by atoms with van der Waals surface area (Å²) < 4.78 is 0. The molecule has 1 saturated heterocycles. The molecule has 1 aliphatic heterocycles. The van der Waals surface area contributed by atoms with E-state index in [9.17, 15) is 4.79 Å². The fourth-order valence-corrected chi connectivity index (χ4v) is 2.81. The summed E-state index contributed by atoms with van der Waals surface area (Å²) in [7, 11) is 0. The van der Waals surface area contributed by atoms with Gasteiger partial charge in [-0.15, -0.1) is 0 Å². The van der Waals surface area contributed by atoms with Gasteiger partial charge in [0.1, 0.15) is 11.8 Å². The average Bonchev–Trinajstić information content (AvgIpc) is 2.93. The number of aromatic nitrogens is 4. The summed E-state index contributed by atoms with van der Waals surface area (Å²) >= 11 is 0. The van der Waals surface area contributed by atoms with Crippen molar-refractivity contribution in [1.29, 1.82) is 0 Å². The monoisotopic (exact) mass is 275 g/mol. The molecule has 0 amide bonds. The molecule has 7 nitrogen and oxygen atoms in total. The molecule has 7 heteroatoms. The molecule has 2 aromatic heterocycles. The molecule has 2 N–H and O–H groups in total. The topological polar surface area (TPSA) is 95.0 Å². The van der Waals surface area contributed by atoms with E-state index in [1.54, 1.807) is 6.33 Å². The number of carboxylic acids is 1. The Hall–Kier alpha value is -2.18. The molecular weight excluding hydrogens is 258 g/mol. The van der Waals surface area contributed by atoms with E-state index in [4.69, 9.17) is 5.11 Å². The van der Waals surface area contributed by atoms with Gasteiger partial charge in [0, 0.05) is 19.5 Å². The Labute approximate surface area is 116 Å². The third-order valence-electron chi connectivity index (χ3n) is 3.79. The highest BCUT2D eigenvalue weighted by Crippen LogP contribution is 2.27. The van der Waals surface area contributed by atoms with Crippen LogP contribution in [0.15, 0.2) is 12.7 Å². The molecule has 106 valence electrons. The lowest BCUT2D eigenvalue weighted by Crippen LogP contribution is -2.36. The maximum Gasteiger partial charge on any atom is 0.303 e. The summed E-state index contributed by atoms with van der Waals surface area (Å²) in [5.74, 6) is 0.556. The van der Waals surface area contributed by atoms with Crippen LogP contribution < -0.4 is 4.90 Å². The predicted octanol–water partition coefficient (Wildman–Crippen LogP) is 1.43. The van der Waals surface area contributed by atoms with E-state index in [-0.39, 0.29) is 6.42 Å². The first kappa shape index (κ1) is 12.8. The van der Waals surface area contributed by atoms with Gasteiger partial charge in [-0.05, 0) is 25.2 Å². The summed E-state index contributed by atoms with van der Waals surface area (Å²) in [6, 6.07) is 0. The van der Waals surface area contributed by atoms with Crippen molar-refractivity contribution in [2.45, 2.75) is 25.7 Å². The predicted molar refractivity (Wildman–Crippen MR) is 73.5 cm³/mol. The van der Waals surface area contributed by atoms with Gasteiger partial charge in [-0.25, -0.2) is 15.0 Å². The average molecular weight is 275 g/mol. The Bertz CT molecular complexity index is 612. The third kappa shape index (κ3) is 2.56. The number of nitrogens with zero attached hydrogens (tertiary/aromatic N) is 4. The maximum atomic E-state index is 10.7. The molecular formula is C13H17N5O2. The van der Waals surface area contributed by atoms with Gasteiger partial charge in [0.15, 0.2) is 11.5 Å². The highest BCUT2D eigenvalue weighted by Gasteiger charge is 2.23. The number of anilines is 1. The van der Waals surface area contributed by atoms with Crippen molar-refractivity contribution < 1.29 is 9.90 Å². The molecule has 1 atom stereocenters. The summed E-state index contributed by atoms with van der Waals surface area (Å²) in [5, 5.41) is 8.79. The van der Waals surface area contributed by atoms with E-state index < -0.39 is 5.97 Å². The van der Waals surface area contributed by atoms with Crippen LogP contribution in [0.25, 0.3) is 11.2 Å². The minimum Gasteiger partial charge on any atom is -0.481 e. The molecule has 3 heterocycles. The summed E-state index contributed by atoms with van der Waals surface area (Å²) in [4.78, 5) is 28.6. The van der Waals surface area contributed by atoms with Crippen molar-refractivity contribution in [2.75, 3.05) is 18.0 Å². The molecule has 0 saturated carbocycles. The number of H-pyrrole nitrogens is 1. The molecule has 0 spiro atoms. The second kappa shape index (κ2) is 5.44. The smallest absolute Gasteiger partial charge is 0.303 e. The molecule has 0 bridgehead atoms. The van der Waals surface area contributed by atoms with Crippen LogP contribution in [-0.4, -0.2) is 44.1 Å². The van der Waals surface area contributed by atoms with Gasteiger partial charge in [-0.2, -0.15) is 0 Å². The van der Waals surface area contributed by atoms with Crippen LogP contribution >= 0.6 is 0 Å². The van der Waals surface area contributed by atoms with Gasteiger partial charge in [0.05, 0.1) is 6.33 Å². The molecule has 0 aromatic carbocycles. The number of rotatable bonds is 4. The number of piperidine rings is 1. The minimum atomic E-state index is -0.722. The SMILES string of the molecule is O=C(O)CCC1CCCN(c2ncnc3nc[nH]c23)C1. The number of carboxylic acid groups (broad SMARTS) is 1. The lowest BCUT2D eigenvalue weighted by Gasteiger charge is -2.33. The number of hydrogen-bond acceptors (Lipinski definition) is 5. The Morgan fingerprint density at radius 2 is 2.35 bits per heavy atom. The first-order valence-electron chi connectivity index (χ1n) is 6.85. The lowest BCUT2D eigenvalue weighted by molar-refractivity contribution is -0.137. The molecule has 3 rings (SSSR count). The molecule has 1 unspecified atom stereocenters. The van der Waals surface area contributed by atoms with E-state index in [1.165, 1.54) is 6.33 Å². The number of aliphatic carboxylic acids is 1. The summed E-state index contributed by atoms with van der Waals surface area (Å²) in [5.41, 5.74) is 1.52. The normalized spacial score (nSPS) is 19.4. The van der Waals surface area contributed by atoms with Crippen LogP contribution in [0, 0.1) is 5.92 Å². The van der Waals surface area contributed by atoms with E-state index in [0.717, 1.165) is 43.7 Å². The van der Waals surface area contributed by atoms with Gasteiger partial charge in [0.25, 0.3) is 0 Å². The highest BCUT2D eigenvalue weighted by molar-refractivity contribution is 5.82. The van der Waals surface area contributed by atoms with E-state index in [1.807, 2.05) is 0 Å².